The van der Waals surface area contributed by atoms with Crippen molar-refractivity contribution in [3.63, 3.8) is 0 Å². The molecule has 3 aromatic rings. The predicted molar refractivity (Wildman–Crippen MR) is 103 cm³/mol. The van der Waals surface area contributed by atoms with Crippen molar-refractivity contribution in [2.45, 2.75) is 0 Å². The Morgan fingerprint density at radius 3 is 2.27 bits per heavy atom. The molecule has 0 radical (unpaired) electrons. The van der Waals surface area contributed by atoms with Gasteiger partial charge in [0.15, 0.2) is 0 Å². The number of carbonyl (C=O) groups is 1. The lowest BCUT2D eigenvalue weighted by molar-refractivity contribution is 0.102. The number of nitrogens with zero attached hydrogens (tertiary/aromatic N) is 2. The number of amides is 1. The highest BCUT2D eigenvalue weighted by Crippen LogP contribution is 2.25. The van der Waals surface area contributed by atoms with E-state index in [1.165, 1.54) is 6.20 Å². The van der Waals surface area contributed by atoms with E-state index >= 15 is 0 Å². The van der Waals surface area contributed by atoms with Gasteiger partial charge in [0, 0.05) is 33.3 Å². The first-order chi connectivity index (χ1) is 12.5. The lowest BCUT2D eigenvalue weighted by Gasteiger charge is -2.09. The number of hydrogen-bond donors (Lipinski definition) is 2. The predicted octanol–water partition coefficient (Wildman–Crippen LogP) is 5.26. The highest BCUT2D eigenvalue weighted by atomic mass is 35.5. The van der Waals surface area contributed by atoms with Crippen LogP contribution >= 0.6 is 23.2 Å². The van der Waals surface area contributed by atoms with Gasteiger partial charge < -0.3 is 10.6 Å². The molecule has 0 spiro atoms. The zero-order chi connectivity index (χ0) is 18.5. The Bertz CT molecular complexity index is 977. The van der Waals surface area contributed by atoms with Crippen LogP contribution in [0.5, 0.6) is 0 Å². The molecule has 0 aliphatic carbocycles. The average Bonchev–Trinajstić information content (AvgIpc) is 2.61. The fourth-order valence-corrected chi connectivity index (χ4v) is 2.77. The van der Waals surface area contributed by atoms with E-state index in [1.54, 1.807) is 54.6 Å². The summed E-state index contributed by atoms with van der Waals surface area (Å²) in [6, 6.07) is 17.0. The third-order valence-electron chi connectivity index (χ3n) is 3.42. The van der Waals surface area contributed by atoms with E-state index in [1.807, 2.05) is 6.07 Å². The number of rotatable bonds is 4. The molecule has 0 fully saturated rings. The monoisotopic (exact) mass is 382 g/mol. The van der Waals surface area contributed by atoms with Crippen molar-refractivity contribution in [1.82, 2.24) is 4.98 Å². The minimum absolute atomic E-state index is 0.243. The van der Waals surface area contributed by atoms with Crippen LogP contribution in [0.15, 0.2) is 60.8 Å². The summed E-state index contributed by atoms with van der Waals surface area (Å²) in [7, 11) is 0. The summed E-state index contributed by atoms with van der Waals surface area (Å²) in [5.41, 5.74) is 2.71. The molecule has 0 atom stereocenters. The number of anilines is 3. The van der Waals surface area contributed by atoms with Crippen molar-refractivity contribution in [3.05, 3.63) is 82.1 Å². The average molecular weight is 383 g/mol. The molecule has 2 aromatic carbocycles. The van der Waals surface area contributed by atoms with Gasteiger partial charge in [0.1, 0.15) is 5.69 Å². The second kappa shape index (κ2) is 7.87. The topological polar surface area (TPSA) is 77.8 Å². The van der Waals surface area contributed by atoms with E-state index in [2.05, 4.69) is 15.6 Å². The molecule has 128 valence electrons. The molecule has 1 heterocycles. The quantitative estimate of drug-likeness (QED) is 0.645. The summed E-state index contributed by atoms with van der Waals surface area (Å²) < 4.78 is 0. The Balaban J connectivity index is 1.75. The van der Waals surface area contributed by atoms with Gasteiger partial charge in [-0.25, -0.2) is 0 Å². The van der Waals surface area contributed by atoms with Gasteiger partial charge >= 0.3 is 0 Å². The summed E-state index contributed by atoms with van der Waals surface area (Å²) in [6.07, 6.45) is 1.53. The Hall–Kier alpha value is -3.07. The molecule has 0 unspecified atom stereocenters. The van der Waals surface area contributed by atoms with Crippen molar-refractivity contribution in [3.8, 4) is 6.07 Å². The first kappa shape index (κ1) is 17.7. The Morgan fingerprint density at radius 1 is 0.923 bits per heavy atom. The largest absolute Gasteiger partial charge is 0.355 e. The molecule has 0 bridgehead atoms. The van der Waals surface area contributed by atoms with Crippen LogP contribution in [0.4, 0.5) is 17.1 Å². The van der Waals surface area contributed by atoms with Gasteiger partial charge in [0.25, 0.3) is 5.91 Å². The molecule has 0 saturated heterocycles. The second-order valence-electron chi connectivity index (χ2n) is 5.36. The normalized spacial score (nSPS) is 10.0. The first-order valence-electron chi connectivity index (χ1n) is 7.54. The molecule has 0 aliphatic rings. The van der Waals surface area contributed by atoms with Gasteiger partial charge in [0.2, 0.25) is 0 Å². The van der Waals surface area contributed by atoms with Gasteiger partial charge in [-0.05, 0) is 54.6 Å². The van der Waals surface area contributed by atoms with Gasteiger partial charge in [-0.15, -0.1) is 0 Å². The number of halogens is 2. The van der Waals surface area contributed by atoms with Crippen LogP contribution in [-0.2, 0) is 0 Å². The van der Waals surface area contributed by atoms with Crippen LogP contribution in [0.25, 0.3) is 0 Å². The summed E-state index contributed by atoms with van der Waals surface area (Å²) >= 11 is 12.0. The van der Waals surface area contributed by atoms with Crippen LogP contribution < -0.4 is 10.6 Å². The number of benzene rings is 2. The van der Waals surface area contributed by atoms with Gasteiger partial charge in [-0.2, -0.15) is 5.26 Å². The lowest BCUT2D eigenvalue weighted by Crippen LogP contribution is -2.13. The van der Waals surface area contributed by atoms with E-state index in [0.717, 1.165) is 0 Å². The second-order valence-corrected chi connectivity index (χ2v) is 6.23. The maximum atomic E-state index is 12.4. The van der Waals surface area contributed by atoms with Crippen molar-refractivity contribution < 1.29 is 4.79 Å². The third-order valence-corrected chi connectivity index (χ3v) is 3.85. The fourth-order valence-electron chi connectivity index (χ4n) is 2.25. The van der Waals surface area contributed by atoms with Crippen molar-refractivity contribution in [2.75, 3.05) is 10.6 Å². The molecule has 0 aliphatic heterocycles. The first-order valence-corrected chi connectivity index (χ1v) is 8.30. The third kappa shape index (κ3) is 4.51. The molecular formula is C19H12Cl2N4O. The molecule has 26 heavy (non-hydrogen) atoms. The summed E-state index contributed by atoms with van der Waals surface area (Å²) in [5, 5.41) is 15.7. The fraction of sp³-hybridized carbons (Fsp3) is 0. The summed E-state index contributed by atoms with van der Waals surface area (Å²) in [5.74, 6) is -0.359. The molecule has 5 nitrogen and oxygen atoms in total. The van der Waals surface area contributed by atoms with E-state index in [4.69, 9.17) is 28.5 Å². The van der Waals surface area contributed by atoms with E-state index in [9.17, 15) is 4.79 Å². The van der Waals surface area contributed by atoms with Crippen LogP contribution in [0.3, 0.4) is 0 Å². The molecule has 0 saturated carbocycles. The van der Waals surface area contributed by atoms with Crippen LogP contribution in [0.2, 0.25) is 10.0 Å². The number of hydrogen-bond acceptors (Lipinski definition) is 4. The van der Waals surface area contributed by atoms with Crippen LogP contribution in [-0.4, -0.2) is 10.9 Å². The van der Waals surface area contributed by atoms with Crippen molar-refractivity contribution in [1.29, 1.82) is 5.26 Å². The van der Waals surface area contributed by atoms with Crippen LogP contribution in [0.1, 0.15) is 16.1 Å². The van der Waals surface area contributed by atoms with Gasteiger partial charge in [-0.1, -0.05) is 23.2 Å². The van der Waals surface area contributed by atoms with E-state index < -0.39 is 0 Å². The number of aromatic nitrogens is 1. The Kier molecular flexibility index (Phi) is 5.37. The zero-order valence-corrected chi connectivity index (χ0v) is 14.8. The molecule has 2 N–H and O–H groups in total. The highest BCUT2D eigenvalue weighted by Gasteiger charge is 2.09. The summed E-state index contributed by atoms with van der Waals surface area (Å²) in [6.45, 7) is 0. The lowest BCUT2D eigenvalue weighted by atomic mass is 10.2. The minimum atomic E-state index is -0.359. The maximum absolute atomic E-state index is 12.4. The van der Waals surface area contributed by atoms with Crippen molar-refractivity contribution >= 4 is 46.2 Å². The van der Waals surface area contributed by atoms with Crippen LogP contribution in [0, 0.1) is 11.3 Å². The van der Waals surface area contributed by atoms with E-state index in [0.29, 0.717) is 32.7 Å². The molecule has 1 aromatic heterocycles. The Labute approximate surface area is 160 Å². The van der Waals surface area contributed by atoms with Crippen molar-refractivity contribution in [2.24, 2.45) is 0 Å². The molecule has 1 amide bonds. The number of pyridine rings is 1. The number of nitrogens with one attached hydrogen (secondary N) is 2. The Morgan fingerprint density at radius 2 is 1.62 bits per heavy atom. The van der Waals surface area contributed by atoms with Gasteiger partial charge in [-0.3, -0.25) is 9.78 Å². The molecular weight excluding hydrogens is 371 g/mol. The van der Waals surface area contributed by atoms with Gasteiger partial charge in [0.05, 0.1) is 11.6 Å². The minimum Gasteiger partial charge on any atom is -0.355 e. The summed E-state index contributed by atoms with van der Waals surface area (Å²) in [4.78, 5) is 16.5. The SMILES string of the molecule is N#Cc1ccc(NC(=O)c2cc(Nc3cc(Cl)cc(Cl)c3)ccn2)cc1. The number of carbonyl (C=O) groups excluding carboxylic acids is 1. The number of nitriles is 1. The van der Waals surface area contributed by atoms with E-state index in [-0.39, 0.29) is 11.6 Å². The highest BCUT2D eigenvalue weighted by molar-refractivity contribution is 6.35. The maximum Gasteiger partial charge on any atom is 0.274 e. The zero-order valence-electron chi connectivity index (χ0n) is 13.3. The smallest absolute Gasteiger partial charge is 0.274 e. The molecule has 3 rings (SSSR count). The standard InChI is InChI=1S/C19H12Cl2N4O/c20-13-7-14(21)9-17(8-13)24-16-5-6-23-18(10-16)19(26)25-15-3-1-12(11-22)2-4-15/h1-10H,(H,23,24)(H,25,26). The molecule has 7 heteroatoms.